The maximum atomic E-state index is 2.64. The molecule has 1 unspecified atom stereocenters. The van der Waals surface area contributed by atoms with Gasteiger partial charge < -0.3 is 4.90 Å². The zero-order chi connectivity index (χ0) is 12.3. The number of hydrogen-bond acceptors (Lipinski definition) is 2. The van der Waals surface area contributed by atoms with Crippen LogP contribution in [0.1, 0.15) is 41.0 Å². The Bertz CT molecular complexity index is 201. The molecule has 0 aromatic heterocycles. The maximum Gasteiger partial charge on any atom is 0.00793 e. The van der Waals surface area contributed by atoms with Crippen molar-refractivity contribution in [2.75, 3.05) is 33.2 Å². The van der Waals surface area contributed by atoms with Gasteiger partial charge in [-0.15, -0.1) is 0 Å². The summed E-state index contributed by atoms with van der Waals surface area (Å²) < 4.78 is 0. The Morgan fingerprint density at radius 2 is 1.88 bits per heavy atom. The van der Waals surface area contributed by atoms with Gasteiger partial charge in [0.25, 0.3) is 0 Å². The SMILES string of the molecule is CCN(C)CCC(C)N1CC(C(C)(C)C)C1. The zero-order valence-corrected chi connectivity index (χ0v) is 12.1. The molecule has 0 saturated carbocycles. The van der Waals surface area contributed by atoms with Crippen molar-refractivity contribution in [1.29, 1.82) is 0 Å². The third-order valence-corrected chi connectivity index (χ3v) is 4.23. The third-order valence-electron chi connectivity index (χ3n) is 4.23. The highest BCUT2D eigenvalue weighted by molar-refractivity contribution is 4.90. The van der Waals surface area contributed by atoms with Crippen molar-refractivity contribution in [3.05, 3.63) is 0 Å². The van der Waals surface area contributed by atoms with Gasteiger partial charge >= 0.3 is 0 Å². The first-order valence-electron chi connectivity index (χ1n) is 6.77. The standard InChI is InChI=1S/C14H30N2/c1-7-15(6)9-8-12(2)16-10-13(11-16)14(3,4)5/h12-13H,7-11H2,1-6H3. The number of nitrogens with zero attached hydrogens (tertiary/aromatic N) is 2. The minimum absolute atomic E-state index is 0.496. The molecule has 0 aromatic rings. The topological polar surface area (TPSA) is 6.48 Å². The molecular formula is C14H30N2. The van der Waals surface area contributed by atoms with Gasteiger partial charge in [0.05, 0.1) is 0 Å². The smallest absolute Gasteiger partial charge is 0.00793 e. The highest BCUT2D eigenvalue weighted by Gasteiger charge is 2.37. The fraction of sp³-hybridized carbons (Fsp3) is 1.00. The Labute approximate surface area is 102 Å². The van der Waals surface area contributed by atoms with Crippen LogP contribution in [-0.4, -0.2) is 49.1 Å². The molecule has 2 heteroatoms. The maximum absolute atomic E-state index is 2.64. The monoisotopic (exact) mass is 226 g/mol. The number of hydrogen-bond donors (Lipinski definition) is 0. The van der Waals surface area contributed by atoms with Crippen molar-refractivity contribution in [1.82, 2.24) is 9.80 Å². The van der Waals surface area contributed by atoms with E-state index in [0.29, 0.717) is 5.41 Å². The Morgan fingerprint density at radius 1 is 1.31 bits per heavy atom. The van der Waals surface area contributed by atoms with Gasteiger partial charge in [-0.05, 0) is 44.8 Å². The summed E-state index contributed by atoms with van der Waals surface area (Å²) in [7, 11) is 2.21. The quantitative estimate of drug-likeness (QED) is 0.711. The lowest BCUT2D eigenvalue weighted by Crippen LogP contribution is -2.55. The molecule has 1 aliphatic heterocycles. The van der Waals surface area contributed by atoms with E-state index in [0.717, 1.165) is 18.5 Å². The van der Waals surface area contributed by atoms with Crippen LogP contribution in [0.15, 0.2) is 0 Å². The molecule has 1 aliphatic rings. The summed E-state index contributed by atoms with van der Waals surface area (Å²) in [4.78, 5) is 5.04. The predicted octanol–water partition coefficient (Wildman–Crippen LogP) is 2.69. The molecule has 1 saturated heterocycles. The van der Waals surface area contributed by atoms with Crippen molar-refractivity contribution in [3.63, 3.8) is 0 Å². The molecule has 2 nitrogen and oxygen atoms in total. The summed E-state index contributed by atoms with van der Waals surface area (Å²) in [5.74, 6) is 0.902. The second kappa shape index (κ2) is 5.50. The molecule has 0 bridgehead atoms. The van der Waals surface area contributed by atoms with Crippen LogP contribution < -0.4 is 0 Å². The van der Waals surface area contributed by atoms with Crippen molar-refractivity contribution < 1.29 is 0 Å². The molecule has 96 valence electrons. The van der Waals surface area contributed by atoms with Crippen LogP contribution in [0.25, 0.3) is 0 Å². The average Bonchev–Trinajstić information content (AvgIpc) is 2.09. The van der Waals surface area contributed by atoms with E-state index in [2.05, 4.69) is 51.5 Å². The largest absolute Gasteiger partial charge is 0.307 e. The van der Waals surface area contributed by atoms with E-state index >= 15 is 0 Å². The second-order valence-corrected chi connectivity index (χ2v) is 6.55. The van der Waals surface area contributed by atoms with E-state index in [4.69, 9.17) is 0 Å². The van der Waals surface area contributed by atoms with E-state index in [9.17, 15) is 0 Å². The highest BCUT2D eigenvalue weighted by atomic mass is 15.2. The molecule has 0 N–H and O–H groups in total. The van der Waals surface area contributed by atoms with Gasteiger partial charge in [-0.2, -0.15) is 0 Å². The van der Waals surface area contributed by atoms with Crippen LogP contribution in [-0.2, 0) is 0 Å². The molecular weight excluding hydrogens is 196 g/mol. The Balaban J connectivity index is 2.19. The lowest BCUT2D eigenvalue weighted by atomic mass is 9.75. The van der Waals surface area contributed by atoms with E-state index < -0.39 is 0 Å². The first-order valence-corrected chi connectivity index (χ1v) is 6.77. The van der Waals surface area contributed by atoms with Crippen molar-refractivity contribution in [3.8, 4) is 0 Å². The summed E-state index contributed by atoms with van der Waals surface area (Å²) in [6, 6.07) is 0.757. The first kappa shape index (κ1) is 14.0. The van der Waals surface area contributed by atoms with Crippen molar-refractivity contribution in [2.45, 2.75) is 47.1 Å². The average molecular weight is 226 g/mol. The molecule has 1 heterocycles. The van der Waals surface area contributed by atoms with Crippen LogP contribution in [0.4, 0.5) is 0 Å². The lowest BCUT2D eigenvalue weighted by molar-refractivity contribution is -0.00586. The highest BCUT2D eigenvalue weighted by Crippen LogP contribution is 2.34. The van der Waals surface area contributed by atoms with Gasteiger partial charge in [0.15, 0.2) is 0 Å². The fourth-order valence-corrected chi connectivity index (χ4v) is 2.17. The van der Waals surface area contributed by atoms with Crippen LogP contribution in [0.5, 0.6) is 0 Å². The van der Waals surface area contributed by atoms with Gasteiger partial charge in [-0.25, -0.2) is 0 Å². The number of likely N-dealkylation sites (tertiary alicyclic amines) is 1. The van der Waals surface area contributed by atoms with E-state index in [1.54, 1.807) is 0 Å². The summed E-state index contributed by atoms with van der Waals surface area (Å²) in [5.41, 5.74) is 0.496. The third kappa shape index (κ3) is 3.74. The van der Waals surface area contributed by atoms with Gasteiger partial charge in [-0.1, -0.05) is 27.7 Å². The van der Waals surface area contributed by atoms with Gasteiger partial charge in [-0.3, -0.25) is 4.90 Å². The Kier molecular flexibility index (Phi) is 4.81. The number of rotatable bonds is 5. The van der Waals surface area contributed by atoms with Crippen LogP contribution in [0, 0.1) is 11.3 Å². The molecule has 0 radical (unpaired) electrons. The minimum atomic E-state index is 0.496. The lowest BCUT2D eigenvalue weighted by Gasteiger charge is -2.49. The van der Waals surface area contributed by atoms with Crippen molar-refractivity contribution in [2.24, 2.45) is 11.3 Å². The van der Waals surface area contributed by atoms with Crippen LogP contribution in [0.2, 0.25) is 0 Å². The fourth-order valence-electron chi connectivity index (χ4n) is 2.17. The molecule has 1 rings (SSSR count). The normalized spacial score (nSPS) is 21.2. The van der Waals surface area contributed by atoms with Gasteiger partial charge in [0.1, 0.15) is 0 Å². The van der Waals surface area contributed by atoms with Crippen LogP contribution >= 0.6 is 0 Å². The summed E-state index contributed by atoms with van der Waals surface area (Å²) >= 11 is 0. The van der Waals surface area contributed by atoms with E-state index in [-0.39, 0.29) is 0 Å². The first-order chi connectivity index (χ1) is 7.34. The Hall–Kier alpha value is -0.0800. The van der Waals surface area contributed by atoms with Crippen LogP contribution in [0.3, 0.4) is 0 Å². The molecule has 16 heavy (non-hydrogen) atoms. The van der Waals surface area contributed by atoms with E-state index in [1.165, 1.54) is 26.1 Å². The summed E-state index contributed by atoms with van der Waals surface area (Å²) in [6.45, 7) is 16.7. The van der Waals surface area contributed by atoms with E-state index in [1.807, 2.05) is 0 Å². The molecule has 0 aliphatic carbocycles. The summed E-state index contributed by atoms with van der Waals surface area (Å²) in [6.07, 6.45) is 1.31. The molecule has 1 fully saturated rings. The Morgan fingerprint density at radius 3 is 2.31 bits per heavy atom. The second-order valence-electron chi connectivity index (χ2n) is 6.55. The molecule has 0 spiro atoms. The zero-order valence-electron chi connectivity index (χ0n) is 12.1. The molecule has 0 amide bonds. The molecule has 1 atom stereocenters. The van der Waals surface area contributed by atoms with Gasteiger partial charge in [0, 0.05) is 19.1 Å². The predicted molar refractivity (Wildman–Crippen MR) is 71.8 cm³/mol. The van der Waals surface area contributed by atoms with Crippen molar-refractivity contribution >= 4 is 0 Å². The summed E-state index contributed by atoms with van der Waals surface area (Å²) in [5, 5.41) is 0. The minimum Gasteiger partial charge on any atom is -0.307 e. The molecule has 0 aromatic carbocycles. The van der Waals surface area contributed by atoms with Gasteiger partial charge in [0.2, 0.25) is 0 Å².